The van der Waals surface area contributed by atoms with E-state index in [0.717, 1.165) is 16.5 Å². The molecule has 0 aliphatic heterocycles. The van der Waals surface area contributed by atoms with E-state index in [1.807, 2.05) is 30.3 Å². The highest BCUT2D eigenvalue weighted by molar-refractivity contribution is 5.82. The van der Waals surface area contributed by atoms with Crippen LogP contribution in [0.1, 0.15) is 12.0 Å². The van der Waals surface area contributed by atoms with Crippen molar-refractivity contribution in [1.82, 2.24) is 4.98 Å². The van der Waals surface area contributed by atoms with Gasteiger partial charge in [0, 0.05) is 11.6 Å². The second kappa shape index (κ2) is 5.60. The summed E-state index contributed by atoms with van der Waals surface area (Å²) in [5, 5.41) is 10.2. The van der Waals surface area contributed by atoms with Gasteiger partial charge in [0.05, 0.1) is 11.4 Å². The molecule has 0 saturated heterocycles. The first kappa shape index (κ1) is 12.5. The smallest absolute Gasteiger partial charge is 0.306 e. The number of aromatic nitrogens is 1. The van der Waals surface area contributed by atoms with Gasteiger partial charge in [-0.25, -0.2) is 0 Å². The minimum Gasteiger partial charge on any atom is -0.481 e. The molecule has 4 nitrogen and oxygen atoms in total. The fourth-order valence-electron chi connectivity index (χ4n) is 2.11. The molecule has 94 valence electrons. The first-order chi connectivity index (χ1) is 8.72. The Morgan fingerprint density at radius 2 is 2.11 bits per heavy atom. The molecule has 1 atom stereocenters. The number of aliphatic carboxylic acids is 1. The van der Waals surface area contributed by atoms with Crippen molar-refractivity contribution in [3.05, 3.63) is 42.1 Å². The van der Waals surface area contributed by atoms with Crippen LogP contribution in [0.5, 0.6) is 0 Å². The van der Waals surface area contributed by atoms with E-state index in [9.17, 15) is 4.79 Å². The van der Waals surface area contributed by atoms with Crippen LogP contribution in [0.25, 0.3) is 10.9 Å². The summed E-state index contributed by atoms with van der Waals surface area (Å²) in [6.45, 7) is 0.389. The Kier molecular flexibility index (Phi) is 3.89. The van der Waals surface area contributed by atoms with Crippen LogP contribution in [0, 0.1) is 5.92 Å². The standard InChI is InChI=1S/C14H16N2O2/c15-7-5-11(14(17)18)9-10-6-8-16-13-4-2-1-3-12(10)13/h1-4,6,8,11H,5,7,9,15H2,(H,17,18). The zero-order valence-electron chi connectivity index (χ0n) is 10.0. The summed E-state index contributed by atoms with van der Waals surface area (Å²) in [4.78, 5) is 15.4. The van der Waals surface area contributed by atoms with Gasteiger partial charge < -0.3 is 10.8 Å². The van der Waals surface area contributed by atoms with Gasteiger partial charge in [-0.05, 0) is 37.1 Å². The molecule has 1 aromatic carbocycles. The number of rotatable bonds is 5. The van der Waals surface area contributed by atoms with Crippen LogP contribution in [0.15, 0.2) is 36.5 Å². The molecule has 18 heavy (non-hydrogen) atoms. The van der Waals surface area contributed by atoms with Gasteiger partial charge in [-0.15, -0.1) is 0 Å². The van der Waals surface area contributed by atoms with Gasteiger partial charge in [-0.3, -0.25) is 9.78 Å². The molecule has 2 rings (SSSR count). The first-order valence-corrected chi connectivity index (χ1v) is 5.98. The van der Waals surface area contributed by atoms with Crippen LogP contribution in [-0.2, 0) is 11.2 Å². The Bertz CT molecular complexity index is 549. The van der Waals surface area contributed by atoms with Crippen molar-refractivity contribution in [2.24, 2.45) is 11.7 Å². The molecule has 4 heteroatoms. The second-order valence-corrected chi connectivity index (χ2v) is 4.30. The summed E-state index contributed by atoms with van der Waals surface area (Å²) in [5.74, 6) is -1.22. The quantitative estimate of drug-likeness (QED) is 0.841. The largest absolute Gasteiger partial charge is 0.481 e. The number of hydrogen-bond acceptors (Lipinski definition) is 3. The molecule has 1 unspecified atom stereocenters. The fraction of sp³-hybridized carbons (Fsp3) is 0.286. The summed E-state index contributed by atoms with van der Waals surface area (Å²) in [6.07, 6.45) is 2.71. The number of carboxylic acid groups (broad SMARTS) is 1. The second-order valence-electron chi connectivity index (χ2n) is 4.30. The summed E-state index contributed by atoms with van der Waals surface area (Å²) in [7, 11) is 0. The highest BCUT2D eigenvalue weighted by Crippen LogP contribution is 2.20. The summed E-state index contributed by atoms with van der Waals surface area (Å²) < 4.78 is 0. The molecule has 0 aliphatic carbocycles. The number of pyridine rings is 1. The van der Waals surface area contributed by atoms with Crippen molar-refractivity contribution in [2.75, 3.05) is 6.54 Å². The van der Waals surface area contributed by atoms with Crippen LogP contribution in [0.3, 0.4) is 0 Å². The molecule has 0 saturated carbocycles. The van der Waals surface area contributed by atoms with E-state index in [1.165, 1.54) is 0 Å². The number of hydrogen-bond donors (Lipinski definition) is 2. The van der Waals surface area contributed by atoms with E-state index in [-0.39, 0.29) is 0 Å². The van der Waals surface area contributed by atoms with E-state index in [2.05, 4.69) is 4.98 Å². The van der Waals surface area contributed by atoms with Gasteiger partial charge in [-0.1, -0.05) is 18.2 Å². The number of para-hydroxylation sites is 1. The van der Waals surface area contributed by atoms with Crippen LogP contribution in [-0.4, -0.2) is 22.6 Å². The Labute approximate surface area is 105 Å². The topological polar surface area (TPSA) is 76.2 Å². The average molecular weight is 244 g/mol. The lowest BCUT2D eigenvalue weighted by molar-refractivity contribution is -0.141. The number of nitrogens with zero attached hydrogens (tertiary/aromatic N) is 1. The lowest BCUT2D eigenvalue weighted by Gasteiger charge is -2.12. The van der Waals surface area contributed by atoms with Gasteiger partial charge in [0.25, 0.3) is 0 Å². The number of benzene rings is 1. The zero-order valence-corrected chi connectivity index (χ0v) is 10.0. The molecule has 2 aromatic rings. The van der Waals surface area contributed by atoms with Gasteiger partial charge in [0.2, 0.25) is 0 Å². The van der Waals surface area contributed by atoms with Crippen LogP contribution >= 0.6 is 0 Å². The minimum absolute atomic E-state index is 0.389. The molecule has 0 amide bonds. The molecular formula is C14H16N2O2. The number of carboxylic acids is 1. The highest BCUT2D eigenvalue weighted by Gasteiger charge is 2.18. The van der Waals surface area contributed by atoms with Crippen molar-refractivity contribution < 1.29 is 9.90 Å². The molecular weight excluding hydrogens is 228 g/mol. The Morgan fingerprint density at radius 3 is 2.83 bits per heavy atom. The molecule has 0 spiro atoms. The van der Waals surface area contributed by atoms with Gasteiger partial charge >= 0.3 is 5.97 Å². The van der Waals surface area contributed by atoms with E-state index in [1.54, 1.807) is 6.20 Å². The molecule has 0 fully saturated rings. The molecule has 1 aromatic heterocycles. The van der Waals surface area contributed by atoms with Crippen LogP contribution in [0.4, 0.5) is 0 Å². The Balaban J connectivity index is 2.33. The lowest BCUT2D eigenvalue weighted by Crippen LogP contribution is -2.20. The molecule has 0 aliphatic rings. The number of fused-ring (bicyclic) bond motifs is 1. The third kappa shape index (κ3) is 2.65. The van der Waals surface area contributed by atoms with E-state index >= 15 is 0 Å². The van der Waals surface area contributed by atoms with E-state index < -0.39 is 11.9 Å². The maximum absolute atomic E-state index is 11.2. The van der Waals surface area contributed by atoms with Gasteiger partial charge in [0.1, 0.15) is 0 Å². The average Bonchev–Trinajstić information content (AvgIpc) is 2.38. The number of carbonyl (C=O) groups is 1. The van der Waals surface area contributed by atoms with Gasteiger partial charge in [0.15, 0.2) is 0 Å². The molecule has 0 bridgehead atoms. The molecule has 1 heterocycles. The predicted molar refractivity (Wildman–Crippen MR) is 70.2 cm³/mol. The maximum Gasteiger partial charge on any atom is 0.306 e. The lowest BCUT2D eigenvalue weighted by atomic mass is 9.94. The van der Waals surface area contributed by atoms with Crippen molar-refractivity contribution in [1.29, 1.82) is 0 Å². The molecule has 0 radical (unpaired) electrons. The number of nitrogens with two attached hydrogens (primary N) is 1. The normalized spacial score (nSPS) is 12.5. The van der Waals surface area contributed by atoms with Crippen molar-refractivity contribution in [2.45, 2.75) is 12.8 Å². The minimum atomic E-state index is -0.790. The van der Waals surface area contributed by atoms with Crippen LogP contribution in [0.2, 0.25) is 0 Å². The van der Waals surface area contributed by atoms with Crippen molar-refractivity contribution >= 4 is 16.9 Å². The van der Waals surface area contributed by atoms with Crippen LogP contribution < -0.4 is 5.73 Å². The zero-order chi connectivity index (χ0) is 13.0. The SMILES string of the molecule is NCCC(Cc1ccnc2ccccc12)C(=O)O. The third-order valence-corrected chi connectivity index (χ3v) is 3.07. The van der Waals surface area contributed by atoms with Gasteiger partial charge in [-0.2, -0.15) is 0 Å². The summed E-state index contributed by atoms with van der Waals surface area (Å²) in [5.41, 5.74) is 7.37. The monoisotopic (exact) mass is 244 g/mol. The summed E-state index contributed by atoms with van der Waals surface area (Å²) in [6, 6.07) is 9.64. The van der Waals surface area contributed by atoms with Crippen molar-refractivity contribution in [3.8, 4) is 0 Å². The summed E-state index contributed by atoms with van der Waals surface area (Å²) >= 11 is 0. The predicted octanol–water partition coefficient (Wildman–Crippen LogP) is 1.83. The van der Waals surface area contributed by atoms with E-state index in [4.69, 9.17) is 10.8 Å². The third-order valence-electron chi connectivity index (χ3n) is 3.07. The molecule has 3 N–H and O–H groups in total. The highest BCUT2D eigenvalue weighted by atomic mass is 16.4. The van der Waals surface area contributed by atoms with Crippen molar-refractivity contribution in [3.63, 3.8) is 0 Å². The Hall–Kier alpha value is -1.94. The first-order valence-electron chi connectivity index (χ1n) is 5.98. The fourth-order valence-corrected chi connectivity index (χ4v) is 2.11. The Morgan fingerprint density at radius 1 is 1.33 bits per heavy atom. The maximum atomic E-state index is 11.2. The van der Waals surface area contributed by atoms with E-state index in [0.29, 0.717) is 19.4 Å².